The van der Waals surface area contributed by atoms with Crippen molar-refractivity contribution in [1.82, 2.24) is 0 Å². The number of aliphatic hydroxyl groups is 1. The molecule has 0 amide bonds. The Kier molecular flexibility index (Phi) is 4.88. The van der Waals surface area contributed by atoms with Crippen molar-refractivity contribution in [2.45, 2.75) is 24.4 Å². The fraction of sp³-hybridized carbons (Fsp3) is 0.294. The van der Waals surface area contributed by atoms with Gasteiger partial charge in [-0.1, -0.05) is 42.5 Å². The molecule has 0 saturated carbocycles. The summed E-state index contributed by atoms with van der Waals surface area (Å²) in [4.78, 5) is 17.9. The first-order chi connectivity index (χ1) is 11.4. The molecule has 0 radical (unpaired) electrons. The Morgan fingerprint density at radius 3 is 2.58 bits per heavy atom. The van der Waals surface area contributed by atoms with E-state index in [0.717, 1.165) is 22.2 Å². The Morgan fingerprint density at radius 2 is 1.88 bits per heavy atom. The van der Waals surface area contributed by atoms with E-state index in [1.807, 2.05) is 42.5 Å². The Labute approximate surface area is 139 Å². The average molecular weight is 350 g/mol. The van der Waals surface area contributed by atoms with Gasteiger partial charge in [-0.05, 0) is 22.4 Å². The number of benzene rings is 2. The summed E-state index contributed by atoms with van der Waals surface area (Å²) < 4.78 is 22.3. The first-order valence-corrected chi connectivity index (χ1v) is 9.17. The number of hydrogen-bond donors (Lipinski definition) is 3. The highest BCUT2D eigenvalue weighted by Crippen LogP contribution is 2.41. The van der Waals surface area contributed by atoms with Gasteiger partial charge in [-0.25, -0.2) is 0 Å². The summed E-state index contributed by atoms with van der Waals surface area (Å²) in [6.45, 7) is 0. The molecule has 1 heterocycles. The molecule has 0 spiro atoms. The maximum atomic E-state index is 11.0. The molecule has 6 nitrogen and oxygen atoms in total. The molecule has 1 aliphatic rings. The molecule has 0 aromatic heterocycles. The smallest absolute Gasteiger partial charge is 0.348 e. The van der Waals surface area contributed by atoms with E-state index >= 15 is 0 Å². The molecule has 2 aromatic rings. The van der Waals surface area contributed by atoms with Crippen molar-refractivity contribution in [3.63, 3.8) is 0 Å². The van der Waals surface area contributed by atoms with Crippen molar-refractivity contribution in [2.75, 3.05) is 7.11 Å². The van der Waals surface area contributed by atoms with E-state index in [1.165, 1.54) is 13.2 Å². The van der Waals surface area contributed by atoms with E-state index in [1.54, 1.807) is 0 Å². The molecule has 24 heavy (non-hydrogen) atoms. The molecule has 2 aromatic carbocycles. The summed E-state index contributed by atoms with van der Waals surface area (Å²) in [5.74, 6) is 0.749. The van der Waals surface area contributed by atoms with Gasteiger partial charge >= 0.3 is 7.60 Å². The Balaban J connectivity index is 1.97. The van der Waals surface area contributed by atoms with Crippen molar-refractivity contribution in [3.8, 4) is 0 Å². The Morgan fingerprint density at radius 1 is 1.17 bits per heavy atom. The lowest BCUT2D eigenvalue weighted by Gasteiger charge is -2.20. The second kappa shape index (κ2) is 6.76. The summed E-state index contributed by atoms with van der Waals surface area (Å²) in [6, 6.07) is 13.6. The molecule has 0 aliphatic carbocycles. The number of aliphatic hydroxyl groups excluding tert-OH is 1. The van der Waals surface area contributed by atoms with Gasteiger partial charge < -0.3 is 24.4 Å². The lowest BCUT2D eigenvalue weighted by Crippen LogP contribution is -2.31. The fourth-order valence-electron chi connectivity index (χ4n) is 3.06. The van der Waals surface area contributed by atoms with E-state index in [2.05, 4.69) is 0 Å². The van der Waals surface area contributed by atoms with Crippen LogP contribution >= 0.6 is 7.60 Å². The van der Waals surface area contributed by atoms with Gasteiger partial charge in [-0.3, -0.25) is 4.57 Å². The predicted octanol–water partition coefficient (Wildman–Crippen LogP) is 2.35. The zero-order valence-electron chi connectivity index (χ0n) is 13.0. The monoisotopic (exact) mass is 350 g/mol. The minimum atomic E-state index is -4.32. The van der Waals surface area contributed by atoms with Crippen molar-refractivity contribution < 1.29 is 28.9 Å². The topological polar surface area (TPSA) is 96.2 Å². The first-order valence-electron chi connectivity index (χ1n) is 7.49. The van der Waals surface area contributed by atoms with Crippen LogP contribution < -0.4 is 0 Å². The summed E-state index contributed by atoms with van der Waals surface area (Å²) >= 11 is 0. The zero-order valence-corrected chi connectivity index (χ0v) is 13.9. The van der Waals surface area contributed by atoms with Crippen LogP contribution in [0, 0.1) is 0 Å². The summed E-state index contributed by atoms with van der Waals surface area (Å²) in [6.07, 6.45) is -1.86. The second-order valence-corrected chi connectivity index (χ2v) is 7.19. The lowest BCUT2D eigenvalue weighted by atomic mass is 9.96. The van der Waals surface area contributed by atoms with Gasteiger partial charge in [0.05, 0.1) is 0 Å². The largest absolute Gasteiger partial charge is 0.387 e. The molecule has 3 rings (SSSR count). The number of hydrogen-bond acceptors (Lipinski definition) is 4. The van der Waals surface area contributed by atoms with Crippen LogP contribution in [0.15, 0.2) is 54.4 Å². The van der Waals surface area contributed by atoms with Crippen LogP contribution in [-0.2, 0) is 14.0 Å². The van der Waals surface area contributed by atoms with Crippen LogP contribution in [0.1, 0.15) is 11.7 Å². The molecule has 1 saturated heterocycles. The number of ether oxygens (including phenoxy) is 2. The quantitative estimate of drug-likeness (QED) is 0.733. The third-order valence-corrected chi connectivity index (χ3v) is 4.71. The number of methoxy groups -OCH3 is 1. The van der Waals surface area contributed by atoms with Crippen molar-refractivity contribution in [2.24, 2.45) is 0 Å². The third-order valence-electron chi connectivity index (χ3n) is 4.15. The maximum Gasteiger partial charge on any atom is 0.348 e. The van der Waals surface area contributed by atoms with Gasteiger partial charge in [0.15, 0.2) is 0 Å². The Bertz CT molecular complexity index is 793. The SMILES string of the molecule is CO[C@@H]1[C@H](O)[C@@H](/C=C/P(=O)(O)O)O[C@H]1c1cccc2ccccc12. The van der Waals surface area contributed by atoms with E-state index in [0.29, 0.717) is 0 Å². The molecule has 3 N–H and O–H groups in total. The van der Waals surface area contributed by atoms with E-state index in [9.17, 15) is 9.67 Å². The maximum absolute atomic E-state index is 11.0. The molecule has 7 heteroatoms. The van der Waals surface area contributed by atoms with Gasteiger partial charge in [0, 0.05) is 12.9 Å². The standard InChI is InChI=1S/C17H19O6P/c1-22-17-15(18)14(9-10-24(19,20)21)23-16(17)13-8-4-6-11-5-2-3-7-12(11)13/h2-10,14-18H,1H3,(H2,19,20,21)/b10-9+/t14-,15-,16+,17-/m1/s1. The van der Waals surface area contributed by atoms with Crippen molar-refractivity contribution in [1.29, 1.82) is 0 Å². The number of fused-ring (bicyclic) bond motifs is 1. The van der Waals surface area contributed by atoms with Crippen LogP contribution in [0.25, 0.3) is 10.8 Å². The van der Waals surface area contributed by atoms with Gasteiger partial charge in [0.25, 0.3) is 0 Å². The zero-order chi connectivity index (χ0) is 17.3. The predicted molar refractivity (Wildman–Crippen MR) is 89.5 cm³/mol. The Hall–Kier alpha value is -1.53. The van der Waals surface area contributed by atoms with Crippen molar-refractivity contribution in [3.05, 3.63) is 59.9 Å². The molecule has 128 valence electrons. The average Bonchev–Trinajstić information content (AvgIpc) is 2.87. The molecule has 4 atom stereocenters. The van der Waals surface area contributed by atoms with Crippen LogP contribution in [0.2, 0.25) is 0 Å². The summed E-state index contributed by atoms with van der Waals surface area (Å²) in [7, 11) is -2.84. The van der Waals surface area contributed by atoms with Crippen LogP contribution in [0.4, 0.5) is 0 Å². The summed E-state index contributed by atoms with van der Waals surface area (Å²) in [5, 5.41) is 12.4. The third kappa shape index (κ3) is 3.44. The van der Waals surface area contributed by atoms with Gasteiger partial charge in [0.1, 0.15) is 24.4 Å². The normalized spacial score (nSPS) is 28.0. The molecule has 0 bridgehead atoms. The highest BCUT2D eigenvalue weighted by Gasteiger charge is 2.44. The van der Waals surface area contributed by atoms with E-state index < -0.39 is 32.0 Å². The summed E-state index contributed by atoms with van der Waals surface area (Å²) in [5.41, 5.74) is 0.867. The van der Waals surface area contributed by atoms with Crippen LogP contribution in [0.3, 0.4) is 0 Å². The lowest BCUT2D eigenvalue weighted by molar-refractivity contribution is -0.0109. The van der Waals surface area contributed by atoms with Crippen LogP contribution in [0.5, 0.6) is 0 Å². The first kappa shape index (κ1) is 17.3. The van der Waals surface area contributed by atoms with Gasteiger partial charge in [-0.15, -0.1) is 0 Å². The fourth-order valence-corrected chi connectivity index (χ4v) is 3.46. The van der Waals surface area contributed by atoms with Gasteiger partial charge in [-0.2, -0.15) is 0 Å². The van der Waals surface area contributed by atoms with E-state index in [4.69, 9.17) is 19.3 Å². The minimum Gasteiger partial charge on any atom is -0.387 e. The van der Waals surface area contributed by atoms with Crippen LogP contribution in [-0.4, -0.2) is 40.3 Å². The molecular weight excluding hydrogens is 331 g/mol. The van der Waals surface area contributed by atoms with Gasteiger partial charge in [0.2, 0.25) is 0 Å². The molecular formula is C17H19O6P. The second-order valence-electron chi connectivity index (χ2n) is 5.71. The molecule has 0 unspecified atom stereocenters. The minimum absolute atomic E-state index is 0.539. The van der Waals surface area contributed by atoms with E-state index in [-0.39, 0.29) is 0 Å². The highest BCUT2D eigenvalue weighted by atomic mass is 31.2. The van der Waals surface area contributed by atoms with Crippen molar-refractivity contribution >= 4 is 18.4 Å². The number of rotatable bonds is 4. The highest BCUT2D eigenvalue weighted by molar-refractivity contribution is 7.55. The molecule has 1 aliphatic heterocycles. The molecule has 1 fully saturated rings.